The molecule has 1 aromatic heterocycles. The Balaban J connectivity index is 1.36. The van der Waals surface area contributed by atoms with Crippen LogP contribution in [0, 0.1) is 5.82 Å². The Kier molecular flexibility index (Phi) is 9.44. The highest BCUT2D eigenvalue weighted by Crippen LogP contribution is 2.30. The average Bonchev–Trinajstić information content (AvgIpc) is 2.88. The van der Waals surface area contributed by atoms with Gasteiger partial charge in [0.05, 0.1) is 5.02 Å². The van der Waals surface area contributed by atoms with Crippen LogP contribution >= 0.6 is 11.6 Å². The zero-order valence-electron chi connectivity index (χ0n) is 21.5. The van der Waals surface area contributed by atoms with E-state index in [0.29, 0.717) is 45.9 Å². The number of likely N-dealkylation sites (N-methyl/N-ethyl adjacent to an activating group) is 1. The lowest BCUT2D eigenvalue weighted by Gasteiger charge is -2.12. The molecule has 0 aliphatic rings. The van der Waals surface area contributed by atoms with Gasteiger partial charge in [0.15, 0.2) is 0 Å². The number of amides is 1. The largest absolute Gasteiger partial charge is 0.487 e. The van der Waals surface area contributed by atoms with Crippen molar-refractivity contribution in [3.05, 3.63) is 108 Å². The molecular formula is C29H28ClFN6O2. The van der Waals surface area contributed by atoms with Crippen LogP contribution in [0.1, 0.15) is 5.56 Å². The number of ether oxygens (including phenoxy) is 1. The molecule has 0 bridgehead atoms. The molecule has 39 heavy (non-hydrogen) atoms. The van der Waals surface area contributed by atoms with Crippen molar-refractivity contribution in [3.63, 3.8) is 0 Å². The molecule has 0 fully saturated rings. The molecule has 4 rings (SSSR count). The van der Waals surface area contributed by atoms with Crippen LogP contribution in [-0.2, 0) is 11.4 Å². The second-order valence-corrected chi connectivity index (χ2v) is 9.24. The maximum Gasteiger partial charge on any atom is 0.248 e. The predicted octanol–water partition coefficient (Wildman–Crippen LogP) is 6.39. The molecule has 0 radical (unpaired) electrons. The summed E-state index contributed by atoms with van der Waals surface area (Å²) in [6.45, 7) is 0.878. The molecule has 0 aliphatic carbocycles. The first-order valence-corrected chi connectivity index (χ1v) is 12.5. The summed E-state index contributed by atoms with van der Waals surface area (Å²) >= 11 is 6.40. The van der Waals surface area contributed by atoms with E-state index in [4.69, 9.17) is 16.3 Å². The third kappa shape index (κ3) is 8.80. The number of nitrogens with zero attached hydrogens (tertiary/aromatic N) is 3. The maximum absolute atomic E-state index is 13.4. The van der Waals surface area contributed by atoms with E-state index in [9.17, 15) is 9.18 Å². The highest BCUT2D eigenvalue weighted by atomic mass is 35.5. The molecule has 0 unspecified atom stereocenters. The first-order chi connectivity index (χ1) is 18.8. The number of aromatic nitrogens is 2. The lowest BCUT2D eigenvalue weighted by atomic mass is 10.2. The molecule has 3 N–H and O–H groups in total. The Morgan fingerprint density at radius 2 is 1.67 bits per heavy atom. The Bertz CT molecular complexity index is 1460. The molecule has 200 valence electrons. The minimum atomic E-state index is -0.316. The van der Waals surface area contributed by atoms with Gasteiger partial charge in [-0.25, -0.2) is 14.4 Å². The van der Waals surface area contributed by atoms with Gasteiger partial charge in [0.1, 0.15) is 36.1 Å². The third-order valence-corrected chi connectivity index (χ3v) is 5.59. The summed E-state index contributed by atoms with van der Waals surface area (Å²) in [5.41, 5.74) is 2.81. The van der Waals surface area contributed by atoms with E-state index in [0.717, 1.165) is 5.69 Å². The predicted molar refractivity (Wildman–Crippen MR) is 154 cm³/mol. The van der Waals surface area contributed by atoms with Gasteiger partial charge in [-0.3, -0.25) is 4.79 Å². The van der Waals surface area contributed by atoms with Crippen molar-refractivity contribution in [1.29, 1.82) is 0 Å². The Morgan fingerprint density at radius 1 is 0.949 bits per heavy atom. The van der Waals surface area contributed by atoms with Gasteiger partial charge in [0.25, 0.3) is 0 Å². The molecular weight excluding hydrogens is 519 g/mol. The zero-order valence-corrected chi connectivity index (χ0v) is 22.2. The van der Waals surface area contributed by atoms with Crippen LogP contribution in [-0.4, -0.2) is 41.4 Å². The molecule has 8 nitrogen and oxygen atoms in total. The summed E-state index contributed by atoms with van der Waals surface area (Å²) in [5.74, 6) is 1.07. The van der Waals surface area contributed by atoms with Gasteiger partial charge in [-0.2, -0.15) is 0 Å². The van der Waals surface area contributed by atoms with Crippen molar-refractivity contribution in [3.8, 4) is 5.75 Å². The summed E-state index contributed by atoms with van der Waals surface area (Å²) in [4.78, 5) is 22.7. The minimum Gasteiger partial charge on any atom is -0.487 e. The van der Waals surface area contributed by atoms with Crippen LogP contribution in [0.5, 0.6) is 5.75 Å². The number of anilines is 5. The minimum absolute atomic E-state index is 0.198. The van der Waals surface area contributed by atoms with E-state index < -0.39 is 0 Å². The van der Waals surface area contributed by atoms with Gasteiger partial charge >= 0.3 is 0 Å². The molecule has 0 spiro atoms. The number of hydrogen-bond acceptors (Lipinski definition) is 7. The normalized spacial score (nSPS) is 11.0. The number of halogens is 2. The summed E-state index contributed by atoms with van der Waals surface area (Å²) in [7, 11) is 3.87. The van der Waals surface area contributed by atoms with Gasteiger partial charge in [0, 0.05) is 35.7 Å². The maximum atomic E-state index is 13.4. The molecule has 1 heterocycles. The number of benzene rings is 3. The summed E-state index contributed by atoms with van der Waals surface area (Å²) < 4.78 is 19.1. The third-order valence-electron chi connectivity index (χ3n) is 5.30. The van der Waals surface area contributed by atoms with Crippen LogP contribution in [0.2, 0.25) is 5.02 Å². The summed E-state index contributed by atoms with van der Waals surface area (Å²) in [6, 6.07) is 20.6. The average molecular weight is 547 g/mol. The number of rotatable bonds is 11. The highest BCUT2D eigenvalue weighted by Gasteiger charge is 2.07. The number of hydrogen-bond donors (Lipinski definition) is 3. The lowest BCUT2D eigenvalue weighted by Crippen LogP contribution is -2.12. The van der Waals surface area contributed by atoms with Crippen molar-refractivity contribution in [2.45, 2.75) is 6.61 Å². The molecule has 3 aromatic carbocycles. The van der Waals surface area contributed by atoms with Gasteiger partial charge in [-0.05, 0) is 68.2 Å². The fourth-order valence-corrected chi connectivity index (χ4v) is 3.74. The van der Waals surface area contributed by atoms with Gasteiger partial charge in [-0.1, -0.05) is 35.9 Å². The van der Waals surface area contributed by atoms with E-state index in [-0.39, 0.29) is 18.3 Å². The van der Waals surface area contributed by atoms with Crippen molar-refractivity contribution >= 4 is 46.2 Å². The fraction of sp³-hybridized carbons (Fsp3) is 0.138. The van der Waals surface area contributed by atoms with Crippen LogP contribution in [0.15, 0.2) is 91.3 Å². The number of nitrogens with one attached hydrogen (secondary N) is 3. The number of carbonyl (C=O) groups excluding carboxylic acids is 1. The quantitative estimate of drug-likeness (QED) is 0.188. The topological polar surface area (TPSA) is 91.4 Å². The van der Waals surface area contributed by atoms with Crippen molar-refractivity contribution in [2.75, 3.05) is 36.6 Å². The first kappa shape index (κ1) is 27.6. The van der Waals surface area contributed by atoms with Gasteiger partial charge in [0.2, 0.25) is 5.91 Å². The molecule has 0 saturated carbocycles. The molecule has 0 saturated heterocycles. The van der Waals surface area contributed by atoms with Crippen molar-refractivity contribution < 1.29 is 13.9 Å². The van der Waals surface area contributed by atoms with E-state index >= 15 is 0 Å². The monoisotopic (exact) mass is 546 g/mol. The molecule has 1 amide bonds. The molecule has 0 aliphatic heterocycles. The van der Waals surface area contributed by atoms with Gasteiger partial charge in [-0.15, -0.1) is 0 Å². The standard InChI is InChI=1S/C29H28ClFN6O2/c1-37(2)13-5-10-29(38)36-23-9-4-8-22(15-23)34-27-17-28(33-19-32-27)35-24-11-12-26(25(30)16-24)39-18-20-6-3-7-21(31)14-20/h3-12,14-17,19H,13,18H2,1-2H3,(H,36,38)(H2,32,33,34,35)/b10-5+. The Morgan fingerprint density at radius 3 is 2.38 bits per heavy atom. The van der Waals surface area contributed by atoms with Gasteiger partial charge < -0.3 is 25.6 Å². The van der Waals surface area contributed by atoms with Crippen LogP contribution < -0.4 is 20.7 Å². The van der Waals surface area contributed by atoms with Crippen LogP contribution in [0.3, 0.4) is 0 Å². The van der Waals surface area contributed by atoms with E-state index in [1.165, 1.54) is 24.5 Å². The van der Waals surface area contributed by atoms with E-state index in [1.807, 2.05) is 43.3 Å². The van der Waals surface area contributed by atoms with Crippen LogP contribution in [0.4, 0.5) is 33.1 Å². The second kappa shape index (κ2) is 13.4. The first-order valence-electron chi connectivity index (χ1n) is 12.1. The Hall–Kier alpha value is -4.47. The second-order valence-electron chi connectivity index (χ2n) is 8.84. The number of carbonyl (C=O) groups is 1. The van der Waals surface area contributed by atoms with Crippen LogP contribution in [0.25, 0.3) is 0 Å². The van der Waals surface area contributed by atoms with E-state index in [1.54, 1.807) is 42.5 Å². The summed E-state index contributed by atoms with van der Waals surface area (Å²) in [5, 5.41) is 9.66. The zero-order chi connectivity index (χ0) is 27.6. The SMILES string of the molecule is CN(C)C/C=C/C(=O)Nc1cccc(Nc2cc(Nc3ccc(OCc4cccc(F)c4)c(Cl)c3)ncn2)c1. The van der Waals surface area contributed by atoms with Crippen molar-refractivity contribution in [1.82, 2.24) is 14.9 Å². The summed E-state index contributed by atoms with van der Waals surface area (Å²) in [6.07, 6.45) is 4.75. The smallest absolute Gasteiger partial charge is 0.248 e. The highest BCUT2D eigenvalue weighted by molar-refractivity contribution is 6.32. The lowest BCUT2D eigenvalue weighted by molar-refractivity contribution is -0.111. The van der Waals surface area contributed by atoms with E-state index in [2.05, 4.69) is 25.9 Å². The fourth-order valence-electron chi connectivity index (χ4n) is 3.50. The molecule has 0 atom stereocenters. The molecule has 4 aromatic rings. The Labute approximate surface area is 231 Å². The molecule has 10 heteroatoms. The van der Waals surface area contributed by atoms with Crippen molar-refractivity contribution in [2.24, 2.45) is 0 Å².